The standard InChI is InChI=1S/C11H19N2O4PS/c1-5-14-18(19,15-6-2)17-11-8-7-10(12-13-11)16-9(3)4/h7-9H,5-6H2,1-4H3. The molecule has 0 spiro atoms. The molecular weight excluding hydrogens is 287 g/mol. The second kappa shape index (κ2) is 7.75. The van der Waals surface area contributed by atoms with E-state index in [1.54, 1.807) is 12.1 Å². The zero-order valence-corrected chi connectivity index (χ0v) is 13.2. The number of ether oxygens (including phenoxy) is 1. The number of rotatable bonds is 8. The Labute approximate surface area is 118 Å². The van der Waals surface area contributed by atoms with E-state index >= 15 is 0 Å². The number of hydrogen-bond donors (Lipinski definition) is 0. The molecule has 0 amide bonds. The summed E-state index contributed by atoms with van der Waals surface area (Å²) in [5.41, 5.74) is 0. The fraction of sp³-hybridized carbons (Fsp3) is 0.636. The van der Waals surface area contributed by atoms with Gasteiger partial charge in [0.05, 0.1) is 19.3 Å². The van der Waals surface area contributed by atoms with Crippen LogP contribution in [0.4, 0.5) is 0 Å². The van der Waals surface area contributed by atoms with E-state index in [0.29, 0.717) is 19.1 Å². The lowest BCUT2D eigenvalue weighted by molar-refractivity contribution is 0.212. The molecule has 0 bridgehead atoms. The highest BCUT2D eigenvalue weighted by Crippen LogP contribution is 2.49. The molecule has 0 fully saturated rings. The minimum atomic E-state index is -2.79. The molecule has 0 aliphatic heterocycles. The minimum Gasteiger partial charge on any atom is -0.474 e. The van der Waals surface area contributed by atoms with E-state index in [9.17, 15) is 0 Å². The second-order valence-corrected chi connectivity index (χ2v) is 6.69. The van der Waals surface area contributed by atoms with Gasteiger partial charge in [0.25, 0.3) is 0 Å². The first-order valence-electron chi connectivity index (χ1n) is 6.08. The summed E-state index contributed by atoms with van der Waals surface area (Å²) in [7, 11) is 0. The van der Waals surface area contributed by atoms with Gasteiger partial charge in [-0.3, -0.25) is 9.05 Å². The molecule has 0 unspecified atom stereocenters. The maximum atomic E-state index is 5.50. The van der Waals surface area contributed by atoms with Gasteiger partial charge in [0.15, 0.2) is 0 Å². The van der Waals surface area contributed by atoms with E-state index in [4.69, 9.17) is 30.1 Å². The molecule has 0 saturated carbocycles. The maximum Gasteiger partial charge on any atom is 0.381 e. The summed E-state index contributed by atoms with van der Waals surface area (Å²) in [5, 5.41) is 7.77. The summed E-state index contributed by atoms with van der Waals surface area (Å²) in [5.74, 6) is 0.699. The summed E-state index contributed by atoms with van der Waals surface area (Å²) >= 11 is 5.23. The van der Waals surface area contributed by atoms with Gasteiger partial charge in [-0.25, -0.2) is 0 Å². The Morgan fingerprint density at radius 3 is 2.05 bits per heavy atom. The lowest BCUT2D eigenvalue weighted by Crippen LogP contribution is -2.08. The molecule has 1 aromatic rings. The zero-order valence-electron chi connectivity index (χ0n) is 11.5. The van der Waals surface area contributed by atoms with E-state index in [0.717, 1.165) is 0 Å². The van der Waals surface area contributed by atoms with E-state index in [2.05, 4.69) is 10.2 Å². The Balaban J connectivity index is 2.72. The molecule has 0 N–H and O–H groups in total. The zero-order chi connectivity index (χ0) is 14.3. The quantitative estimate of drug-likeness (QED) is 0.684. The summed E-state index contributed by atoms with van der Waals surface area (Å²) in [4.78, 5) is 0. The van der Waals surface area contributed by atoms with Gasteiger partial charge in [0, 0.05) is 23.9 Å². The molecule has 19 heavy (non-hydrogen) atoms. The molecule has 8 heteroatoms. The first-order chi connectivity index (χ1) is 8.99. The Morgan fingerprint density at radius 2 is 1.63 bits per heavy atom. The van der Waals surface area contributed by atoms with Crippen LogP contribution < -0.4 is 9.26 Å². The third-order valence-corrected chi connectivity index (χ3v) is 4.17. The largest absolute Gasteiger partial charge is 0.474 e. The van der Waals surface area contributed by atoms with E-state index in [-0.39, 0.29) is 12.0 Å². The summed E-state index contributed by atoms with van der Waals surface area (Å²) in [6.07, 6.45) is 0.0402. The van der Waals surface area contributed by atoms with Crippen LogP contribution in [-0.4, -0.2) is 29.5 Å². The van der Waals surface area contributed by atoms with Crippen molar-refractivity contribution < 1.29 is 18.3 Å². The summed E-state index contributed by atoms with van der Waals surface area (Å²) in [6, 6.07) is 3.30. The fourth-order valence-corrected chi connectivity index (χ4v) is 3.18. The Bertz CT molecular complexity index is 417. The molecule has 0 aliphatic rings. The van der Waals surface area contributed by atoms with Gasteiger partial charge >= 0.3 is 6.72 Å². The average Bonchev–Trinajstić information content (AvgIpc) is 2.31. The van der Waals surface area contributed by atoms with Crippen molar-refractivity contribution in [3.8, 4) is 11.8 Å². The van der Waals surface area contributed by atoms with Crippen molar-refractivity contribution in [1.29, 1.82) is 0 Å². The SMILES string of the molecule is CCOP(=S)(OCC)Oc1ccc(OC(C)C)nn1. The number of aromatic nitrogens is 2. The topological polar surface area (TPSA) is 62.7 Å². The first kappa shape index (κ1) is 16.3. The fourth-order valence-electron chi connectivity index (χ4n) is 1.18. The van der Waals surface area contributed by atoms with Gasteiger partial charge in [-0.2, -0.15) is 0 Å². The van der Waals surface area contributed by atoms with Gasteiger partial charge in [0.2, 0.25) is 11.8 Å². The molecular formula is C11H19N2O4PS. The first-order valence-corrected chi connectivity index (χ1v) is 8.63. The predicted molar refractivity (Wildman–Crippen MR) is 76.0 cm³/mol. The molecule has 0 radical (unpaired) electrons. The van der Waals surface area contributed by atoms with E-state index in [1.165, 1.54) is 0 Å². The lowest BCUT2D eigenvalue weighted by Gasteiger charge is -2.20. The Hall–Kier alpha value is -0.750. The van der Waals surface area contributed by atoms with Gasteiger partial charge in [-0.1, -0.05) is 0 Å². The van der Waals surface area contributed by atoms with Crippen molar-refractivity contribution >= 4 is 18.5 Å². The Morgan fingerprint density at radius 1 is 1.11 bits per heavy atom. The van der Waals surface area contributed by atoms with Crippen LogP contribution in [0.25, 0.3) is 0 Å². The van der Waals surface area contributed by atoms with Crippen molar-refractivity contribution in [1.82, 2.24) is 10.2 Å². The van der Waals surface area contributed by atoms with Crippen molar-refractivity contribution in [3.05, 3.63) is 12.1 Å². The normalized spacial score (nSPS) is 11.6. The third-order valence-electron chi connectivity index (χ3n) is 1.75. The van der Waals surface area contributed by atoms with Crippen LogP contribution in [-0.2, 0) is 20.9 Å². The van der Waals surface area contributed by atoms with Gasteiger partial charge < -0.3 is 9.26 Å². The molecule has 1 heterocycles. The highest BCUT2D eigenvalue weighted by molar-refractivity contribution is 8.07. The third kappa shape index (κ3) is 5.82. The average molecular weight is 306 g/mol. The van der Waals surface area contributed by atoms with Crippen molar-refractivity contribution in [2.45, 2.75) is 33.8 Å². The van der Waals surface area contributed by atoms with Crippen LogP contribution in [0.1, 0.15) is 27.7 Å². The molecule has 108 valence electrons. The summed E-state index contributed by atoms with van der Waals surface area (Å²) in [6.45, 7) is 5.52. The molecule has 0 saturated heterocycles. The highest BCUT2D eigenvalue weighted by atomic mass is 32.5. The smallest absolute Gasteiger partial charge is 0.381 e. The van der Waals surface area contributed by atoms with Gasteiger partial charge in [-0.15, -0.1) is 10.2 Å². The van der Waals surface area contributed by atoms with Crippen molar-refractivity contribution in [2.75, 3.05) is 13.2 Å². The Kier molecular flexibility index (Phi) is 6.65. The summed E-state index contributed by atoms with van der Waals surface area (Å²) < 4.78 is 21.6. The highest BCUT2D eigenvalue weighted by Gasteiger charge is 2.22. The van der Waals surface area contributed by atoms with Crippen molar-refractivity contribution in [2.24, 2.45) is 0 Å². The van der Waals surface area contributed by atoms with Crippen LogP contribution in [0.2, 0.25) is 0 Å². The van der Waals surface area contributed by atoms with Gasteiger partial charge in [-0.05, 0) is 27.7 Å². The number of nitrogens with zero attached hydrogens (tertiary/aromatic N) is 2. The molecule has 0 aliphatic carbocycles. The minimum absolute atomic E-state index is 0.0402. The second-order valence-electron chi connectivity index (χ2n) is 3.75. The lowest BCUT2D eigenvalue weighted by atomic mass is 10.5. The molecule has 0 atom stereocenters. The van der Waals surface area contributed by atoms with Crippen molar-refractivity contribution in [3.63, 3.8) is 0 Å². The van der Waals surface area contributed by atoms with E-state index in [1.807, 2.05) is 27.7 Å². The van der Waals surface area contributed by atoms with Crippen LogP contribution in [0.3, 0.4) is 0 Å². The monoisotopic (exact) mass is 306 g/mol. The van der Waals surface area contributed by atoms with E-state index < -0.39 is 6.72 Å². The molecule has 1 aromatic heterocycles. The predicted octanol–water partition coefficient (Wildman–Crippen LogP) is 2.94. The maximum absolute atomic E-state index is 5.50. The van der Waals surface area contributed by atoms with Crippen LogP contribution in [0.5, 0.6) is 11.8 Å². The number of hydrogen-bond acceptors (Lipinski definition) is 7. The van der Waals surface area contributed by atoms with Crippen LogP contribution in [0.15, 0.2) is 12.1 Å². The van der Waals surface area contributed by atoms with Crippen LogP contribution in [0, 0.1) is 0 Å². The molecule has 1 rings (SSSR count). The van der Waals surface area contributed by atoms with Gasteiger partial charge in [0.1, 0.15) is 0 Å². The van der Waals surface area contributed by atoms with Crippen LogP contribution >= 0.6 is 6.72 Å². The molecule has 6 nitrogen and oxygen atoms in total. The molecule has 0 aromatic carbocycles.